The van der Waals surface area contributed by atoms with E-state index in [1.165, 1.54) is 7.11 Å². The number of benzene rings is 2. The fraction of sp³-hybridized carbons (Fsp3) is 0.133. The zero-order valence-corrected chi connectivity index (χ0v) is 13.2. The van der Waals surface area contributed by atoms with Crippen molar-refractivity contribution in [3.05, 3.63) is 58.1 Å². The lowest BCUT2D eigenvalue weighted by atomic mass is 10.1. The summed E-state index contributed by atoms with van der Waals surface area (Å²) >= 11 is 3.40. The fourth-order valence-corrected chi connectivity index (χ4v) is 3.77. The monoisotopic (exact) mass is 349 g/mol. The molecule has 0 radical (unpaired) electrons. The molecule has 0 heterocycles. The van der Waals surface area contributed by atoms with Crippen molar-refractivity contribution in [3.63, 3.8) is 0 Å². The smallest absolute Gasteiger partial charge is 0.136 e. The van der Waals surface area contributed by atoms with Gasteiger partial charge in [0.25, 0.3) is 0 Å². The summed E-state index contributed by atoms with van der Waals surface area (Å²) in [7, 11) is 0.361. The Bertz CT molecular complexity index is 695. The van der Waals surface area contributed by atoms with E-state index in [2.05, 4.69) is 22.0 Å². The predicted octanol–water partition coefficient (Wildman–Crippen LogP) is 3.64. The maximum Gasteiger partial charge on any atom is 0.136 e. The van der Waals surface area contributed by atoms with Crippen LogP contribution < -0.4 is 4.74 Å². The molecular weight excluding hydrogens is 338 g/mol. The minimum absolute atomic E-state index is 0.362. The van der Waals surface area contributed by atoms with Crippen LogP contribution in [0.15, 0.2) is 51.8 Å². The summed E-state index contributed by atoms with van der Waals surface area (Å²) in [5, 5.41) is 9.06. The van der Waals surface area contributed by atoms with Gasteiger partial charge in [0.1, 0.15) is 11.8 Å². The number of nitrogens with zero attached hydrogens (tertiary/aromatic N) is 1. The van der Waals surface area contributed by atoms with Crippen LogP contribution in [-0.4, -0.2) is 11.3 Å². The molecule has 20 heavy (non-hydrogen) atoms. The normalized spacial score (nSPS) is 11.7. The van der Waals surface area contributed by atoms with Gasteiger partial charge in [0.15, 0.2) is 0 Å². The molecule has 2 aromatic carbocycles. The Hall–Kier alpha value is -1.64. The first-order chi connectivity index (χ1) is 9.65. The molecule has 2 rings (SSSR count). The molecule has 3 nitrogen and oxygen atoms in total. The van der Waals surface area contributed by atoms with E-state index in [4.69, 9.17) is 10.00 Å². The number of halogens is 1. The third kappa shape index (κ3) is 3.27. The van der Waals surface area contributed by atoms with Crippen LogP contribution in [0.25, 0.3) is 0 Å². The van der Waals surface area contributed by atoms with Gasteiger partial charge in [0.05, 0.1) is 34.1 Å². The van der Waals surface area contributed by atoms with Crippen molar-refractivity contribution in [1.82, 2.24) is 0 Å². The van der Waals surface area contributed by atoms with E-state index in [1.807, 2.05) is 30.3 Å². The van der Waals surface area contributed by atoms with Crippen molar-refractivity contribution in [2.75, 3.05) is 7.11 Å². The molecular formula is C15H12BrNO2S. The molecule has 0 bridgehead atoms. The lowest BCUT2D eigenvalue weighted by Gasteiger charge is -2.07. The average Bonchev–Trinajstić information content (AvgIpc) is 2.47. The van der Waals surface area contributed by atoms with Crippen LogP contribution in [0.2, 0.25) is 0 Å². The van der Waals surface area contributed by atoms with Crippen LogP contribution in [0.4, 0.5) is 0 Å². The molecule has 1 unspecified atom stereocenters. The summed E-state index contributed by atoms with van der Waals surface area (Å²) in [4.78, 5) is 0.752. The van der Waals surface area contributed by atoms with Crippen molar-refractivity contribution < 1.29 is 8.95 Å². The van der Waals surface area contributed by atoms with E-state index >= 15 is 0 Å². The second kappa shape index (κ2) is 6.69. The highest BCUT2D eigenvalue weighted by molar-refractivity contribution is 9.10. The van der Waals surface area contributed by atoms with E-state index in [9.17, 15) is 4.21 Å². The van der Waals surface area contributed by atoms with E-state index in [1.54, 1.807) is 12.1 Å². The molecule has 0 fully saturated rings. The molecule has 0 saturated heterocycles. The van der Waals surface area contributed by atoms with Crippen molar-refractivity contribution in [3.8, 4) is 11.8 Å². The minimum Gasteiger partial charge on any atom is -0.495 e. The van der Waals surface area contributed by atoms with Gasteiger partial charge in [0, 0.05) is 4.47 Å². The van der Waals surface area contributed by atoms with Crippen molar-refractivity contribution in [1.29, 1.82) is 5.26 Å². The van der Waals surface area contributed by atoms with Crippen molar-refractivity contribution >= 4 is 26.7 Å². The number of nitriles is 1. The zero-order valence-electron chi connectivity index (χ0n) is 10.8. The van der Waals surface area contributed by atoms with Gasteiger partial charge in [-0.15, -0.1) is 0 Å². The molecule has 2 aromatic rings. The zero-order chi connectivity index (χ0) is 14.5. The molecule has 0 aliphatic rings. The first kappa shape index (κ1) is 14.8. The summed E-state index contributed by atoms with van der Waals surface area (Å²) in [6.07, 6.45) is 0. The molecule has 0 amide bonds. The Balaban J connectivity index is 2.25. The first-order valence-corrected chi connectivity index (χ1v) is 7.97. The van der Waals surface area contributed by atoms with E-state index in [0.717, 1.165) is 14.9 Å². The van der Waals surface area contributed by atoms with Gasteiger partial charge >= 0.3 is 0 Å². The van der Waals surface area contributed by atoms with Gasteiger partial charge in [0.2, 0.25) is 0 Å². The standard InChI is InChI=1S/C15H12BrNO2S/c1-19-14-7-6-11(8-12(14)9-17)10-20(18)15-5-3-2-4-13(15)16/h2-8H,10H2,1H3. The van der Waals surface area contributed by atoms with Crippen LogP contribution >= 0.6 is 15.9 Å². The van der Waals surface area contributed by atoms with Crippen LogP contribution in [0, 0.1) is 11.3 Å². The number of hydrogen-bond acceptors (Lipinski definition) is 3. The molecule has 5 heteroatoms. The molecule has 0 aromatic heterocycles. The lowest BCUT2D eigenvalue weighted by molar-refractivity contribution is 0.413. The molecule has 0 aliphatic heterocycles. The molecule has 0 spiro atoms. The maximum absolute atomic E-state index is 12.4. The van der Waals surface area contributed by atoms with E-state index in [-0.39, 0.29) is 0 Å². The Kier molecular flexibility index (Phi) is 4.94. The summed E-state index contributed by atoms with van der Waals surface area (Å²) < 4.78 is 18.3. The van der Waals surface area contributed by atoms with Crippen LogP contribution in [0.1, 0.15) is 11.1 Å². The molecule has 0 aliphatic carbocycles. The maximum atomic E-state index is 12.4. The largest absolute Gasteiger partial charge is 0.495 e. The molecule has 102 valence electrons. The van der Waals surface area contributed by atoms with Gasteiger partial charge in [-0.25, -0.2) is 0 Å². The predicted molar refractivity (Wildman–Crippen MR) is 82.0 cm³/mol. The quantitative estimate of drug-likeness (QED) is 0.846. The van der Waals surface area contributed by atoms with E-state index in [0.29, 0.717) is 17.1 Å². The Morgan fingerprint density at radius 1 is 1.30 bits per heavy atom. The van der Waals surface area contributed by atoms with Crippen LogP contribution in [0.5, 0.6) is 5.75 Å². The summed E-state index contributed by atoms with van der Waals surface area (Å²) in [5.41, 5.74) is 1.30. The van der Waals surface area contributed by atoms with Crippen molar-refractivity contribution in [2.45, 2.75) is 10.6 Å². The summed E-state index contributed by atoms with van der Waals surface area (Å²) in [6, 6.07) is 14.8. The third-order valence-electron chi connectivity index (χ3n) is 2.76. The highest BCUT2D eigenvalue weighted by atomic mass is 79.9. The lowest BCUT2D eigenvalue weighted by Crippen LogP contribution is -1.98. The topological polar surface area (TPSA) is 50.1 Å². The highest BCUT2D eigenvalue weighted by Gasteiger charge is 2.10. The average molecular weight is 350 g/mol. The SMILES string of the molecule is COc1ccc(CS(=O)c2ccccc2Br)cc1C#N. The van der Waals surface area contributed by atoms with Crippen molar-refractivity contribution in [2.24, 2.45) is 0 Å². The molecule has 0 N–H and O–H groups in total. The molecule has 1 atom stereocenters. The van der Waals surface area contributed by atoms with Gasteiger partial charge < -0.3 is 4.74 Å². The Labute approximate surface area is 128 Å². The van der Waals surface area contributed by atoms with Gasteiger partial charge in [-0.3, -0.25) is 4.21 Å². The first-order valence-electron chi connectivity index (χ1n) is 5.85. The second-order valence-corrected chi connectivity index (χ2v) is 6.34. The molecule has 0 saturated carbocycles. The van der Waals surface area contributed by atoms with Gasteiger partial charge in [-0.1, -0.05) is 18.2 Å². The van der Waals surface area contributed by atoms with Crippen LogP contribution in [0.3, 0.4) is 0 Å². The minimum atomic E-state index is -1.16. The van der Waals surface area contributed by atoms with Gasteiger partial charge in [-0.05, 0) is 45.8 Å². The third-order valence-corrected chi connectivity index (χ3v) is 5.16. The second-order valence-electron chi connectivity index (χ2n) is 4.07. The number of ether oxygens (including phenoxy) is 1. The van der Waals surface area contributed by atoms with Gasteiger partial charge in [-0.2, -0.15) is 5.26 Å². The summed E-state index contributed by atoms with van der Waals surface area (Å²) in [5.74, 6) is 0.893. The Morgan fingerprint density at radius 3 is 2.70 bits per heavy atom. The van der Waals surface area contributed by atoms with Crippen LogP contribution in [-0.2, 0) is 16.6 Å². The van der Waals surface area contributed by atoms with E-state index < -0.39 is 10.8 Å². The fourth-order valence-electron chi connectivity index (χ4n) is 1.79. The Morgan fingerprint density at radius 2 is 2.05 bits per heavy atom. The number of hydrogen-bond donors (Lipinski definition) is 0. The number of methoxy groups -OCH3 is 1. The number of rotatable bonds is 4. The highest BCUT2D eigenvalue weighted by Crippen LogP contribution is 2.24. The summed E-state index contributed by atoms with van der Waals surface area (Å²) in [6.45, 7) is 0.